The summed E-state index contributed by atoms with van der Waals surface area (Å²) in [5.41, 5.74) is 2.78. The largest absolute Gasteiger partial charge is 0.460 e. The van der Waals surface area contributed by atoms with Crippen LogP contribution in [0.25, 0.3) is 22.3 Å². The minimum Gasteiger partial charge on any atom is -0.460 e. The Bertz CT molecular complexity index is 2520. The molecule has 0 saturated carbocycles. The molecular formula is C53H59N3O9. The molecule has 3 amide bonds. The minimum absolute atomic E-state index is 0.0671. The lowest BCUT2D eigenvalue weighted by atomic mass is 9.93. The van der Waals surface area contributed by atoms with Crippen molar-refractivity contribution in [1.82, 2.24) is 9.80 Å². The minimum atomic E-state index is -0.788. The number of nitrogens with one attached hydrogen (secondary N) is 1. The molecule has 1 N–H and O–H groups in total. The molecule has 12 heteroatoms. The van der Waals surface area contributed by atoms with E-state index in [1.54, 1.807) is 63.5 Å². The molecule has 2 fully saturated rings. The molecule has 0 bridgehead atoms. The third-order valence-electron chi connectivity index (χ3n) is 11.7. The molecule has 3 heterocycles. The predicted molar refractivity (Wildman–Crippen MR) is 248 cm³/mol. The monoisotopic (exact) mass is 881 g/mol. The molecule has 4 atom stereocenters. The highest BCUT2D eigenvalue weighted by molar-refractivity contribution is 5.99. The Labute approximate surface area is 380 Å². The number of anilines is 1. The molecule has 65 heavy (non-hydrogen) atoms. The van der Waals surface area contributed by atoms with Gasteiger partial charge in [0.05, 0.1) is 30.7 Å². The summed E-state index contributed by atoms with van der Waals surface area (Å²) in [5.74, 6) is -2.80. The van der Waals surface area contributed by atoms with Gasteiger partial charge < -0.3 is 29.0 Å². The number of carbonyl (C=O) groups excluding carboxylic acids is 6. The molecule has 4 aromatic carbocycles. The van der Waals surface area contributed by atoms with Crippen LogP contribution >= 0.6 is 0 Å². The summed E-state index contributed by atoms with van der Waals surface area (Å²) in [6, 6.07) is 31.8. The number of amides is 3. The molecule has 7 rings (SSSR count). The Morgan fingerprint density at radius 1 is 0.646 bits per heavy atom. The van der Waals surface area contributed by atoms with Gasteiger partial charge in [-0.3, -0.25) is 28.8 Å². The van der Waals surface area contributed by atoms with Crippen molar-refractivity contribution in [3.63, 3.8) is 0 Å². The summed E-state index contributed by atoms with van der Waals surface area (Å²) in [4.78, 5) is 84.9. The van der Waals surface area contributed by atoms with Gasteiger partial charge >= 0.3 is 11.9 Å². The maximum Gasteiger partial charge on any atom is 0.307 e. The van der Waals surface area contributed by atoms with Gasteiger partial charge in [0.2, 0.25) is 17.7 Å². The van der Waals surface area contributed by atoms with E-state index >= 15 is 0 Å². The average molecular weight is 882 g/mol. The SMILES string of the molecule is CC(C)(C)OC(=O)C[C@@H](C(=O)N1CCC[C@H]1C(=O)Cc1ccc2oc(-c3ccc(NC(=O)[C@@H]4CCCN4C(=O)[C@H](CC(=O)OC(C)(C)C)c4ccccc4)cc3)cc2c1)c1ccccc1. The number of nitrogens with zero attached hydrogens (tertiary/aromatic N) is 2. The van der Waals surface area contributed by atoms with E-state index in [-0.39, 0.29) is 42.8 Å². The van der Waals surface area contributed by atoms with Crippen LogP contribution in [-0.2, 0) is 44.7 Å². The van der Waals surface area contributed by atoms with Gasteiger partial charge in [0.1, 0.15) is 28.6 Å². The van der Waals surface area contributed by atoms with Crippen molar-refractivity contribution in [3.05, 3.63) is 126 Å². The van der Waals surface area contributed by atoms with E-state index in [4.69, 9.17) is 13.9 Å². The number of carbonyl (C=O) groups is 6. The van der Waals surface area contributed by atoms with E-state index in [0.29, 0.717) is 66.9 Å². The van der Waals surface area contributed by atoms with Crippen molar-refractivity contribution in [3.8, 4) is 11.3 Å². The topological polar surface area (TPSA) is 153 Å². The number of hydrogen-bond acceptors (Lipinski definition) is 9. The van der Waals surface area contributed by atoms with Gasteiger partial charge in [-0.1, -0.05) is 66.7 Å². The summed E-state index contributed by atoms with van der Waals surface area (Å²) >= 11 is 0. The molecule has 0 unspecified atom stereocenters. The summed E-state index contributed by atoms with van der Waals surface area (Å²) in [6.07, 6.45) is 2.27. The predicted octanol–water partition coefficient (Wildman–Crippen LogP) is 9.16. The smallest absolute Gasteiger partial charge is 0.307 e. The molecule has 0 radical (unpaired) electrons. The van der Waals surface area contributed by atoms with Gasteiger partial charge in [-0.05, 0) is 126 Å². The van der Waals surface area contributed by atoms with Crippen LogP contribution in [0.2, 0.25) is 0 Å². The summed E-state index contributed by atoms with van der Waals surface area (Å²) < 4.78 is 17.4. The molecule has 2 aliphatic heterocycles. The first kappa shape index (κ1) is 46.4. The van der Waals surface area contributed by atoms with E-state index in [2.05, 4.69) is 5.32 Å². The van der Waals surface area contributed by atoms with E-state index in [9.17, 15) is 28.8 Å². The van der Waals surface area contributed by atoms with Crippen LogP contribution in [0.1, 0.15) is 109 Å². The fraction of sp³-hybridized carbons (Fsp3) is 0.396. The zero-order chi connectivity index (χ0) is 46.5. The first-order valence-electron chi connectivity index (χ1n) is 22.5. The number of esters is 2. The summed E-state index contributed by atoms with van der Waals surface area (Å²) in [5, 5.41) is 3.80. The second kappa shape index (κ2) is 19.7. The Morgan fingerprint density at radius 2 is 1.15 bits per heavy atom. The van der Waals surface area contributed by atoms with Gasteiger partial charge in [0.25, 0.3) is 0 Å². The quantitative estimate of drug-likeness (QED) is 0.108. The molecule has 2 saturated heterocycles. The molecule has 340 valence electrons. The van der Waals surface area contributed by atoms with Crippen LogP contribution in [0.4, 0.5) is 5.69 Å². The van der Waals surface area contributed by atoms with Crippen LogP contribution in [0.5, 0.6) is 0 Å². The molecule has 1 aromatic heterocycles. The maximum atomic E-state index is 14.1. The second-order valence-corrected chi connectivity index (χ2v) is 19.1. The van der Waals surface area contributed by atoms with Crippen molar-refractivity contribution < 1.29 is 42.7 Å². The Balaban J connectivity index is 0.988. The number of Topliss-reactive ketones (excluding diaryl/α,β-unsaturated/α-hetero) is 1. The standard InChI is InChI=1S/C53H59N3O9/c1-52(2,3)64-47(58)32-40(35-15-9-7-10-16-35)50(61)55-27-13-19-42(55)44(57)30-34-21-26-45-38(29-34)31-46(63-45)37-22-24-39(25-23-37)54-49(60)43-20-14-28-56(43)51(62)41(36-17-11-8-12-18-36)33-48(59)65-53(4,5)6/h7-12,15-18,21-26,29,31,40-43H,13-14,19-20,27-28,30,32-33H2,1-6H3,(H,54,60)/t40-,41-,42+,43+/m1/s1. The summed E-state index contributed by atoms with van der Waals surface area (Å²) in [6.45, 7) is 11.6. The Hall–Kier alpha value is -6.56. The van der Waals surface area contributed by atoms with E-state index < -0.39 is 47.1 Å². The van der Waals surface area contributed by atoms with Crippen LogP contribution in [-0.4, -0.2) is 81.6 Å². The number of rotatable bonds is 14. The summed E-state index contributed by atoms with van der Waals surface area (Å²) in [7, 11) is 0. The number of benzene rings is 4. The van der Waals surface area contributed by atoms with E-state index in [1.807, 2.05) is 97.1 Å². The number of ether oxygens (including phenoxy) is 2. The van der Waals surface area contributed by atoms with Crippen molar-refractivity contribution in [2.75, 3.05) is 18.4 Å². The van der Waals surface area contributed by atoms with Crippen molar-refractivity contribution in [2.24, 2.45) is 0 Å². The maximum absolute atomic E-state index is 14.1. The first-order chi connectivity index (χ1) is 30.9. The number of ketones is 1. The van der Waals surface area contributed by atoms with E-state index in [0.717, 1.165) is 16.5 Å². The zero-order valence-electron chi connectivity index (χ0n) is 38.1. The van der Waals surface area contributed by atoms with E-state index in [1.165, 1.54) is 0 Å². The number of furan rings is 1. The van der Waals surface area contributed by atoms with Crippen molar-refractivity contribution >= 4 is 52.1 Å². The normalized spacial score (nSPS) is 17.4. The lowest BCUT2D eigenvalue weighted by Gasteiger charge is -2.29. The Morgan fingerprint density at radius 3 is 1.68 bits per heavy atom. The Kier molecular flexibility index (Phi) is 14.1. The highest BCUT2D eigenvalue weighted by Crippen LogP contribution is 2.33. The first-order valence-corrected chi connectivity index (χ1v) is 22.5. The average Bonchev–Trinajstić information content (AvgIpc) is 4.05. The zero-order valence-corrected chi connectivity index (χ0v) is 38.1. The number of fused-ring (bicyclic) bond motifs is 1. The van der Waals surface area contributed by atoms with Crippen LogP contribution < -0.4 is 5.32 Å². The van der Waals surface area contributed by atoms with Crippen LogP contribution in [0.15, 0.2) is 114 Å². The van der Waals surface area contributed by atoms with Crippen LogP contribution in [0.3, 0.4) is 0 Å². The molecule has 2 aliphatic rings. The van der Waals surface area contributed by atoms with Gasteiger partial charge in [0.15, 0.2) is 5.78 Å². The number of likely N-dealkylation sites (tertiary alicyclic amines) is 2. The highest BCUT2D eigenvalue weighted by atomic mass is 16.6. The third kappa shape index (κ3) is 11.8. The molecular weight excluding hydrogens is 823 g/mol. The fourth-order valence-electron chi connectivity index (χ4n) is 8.84. The third-order valence-corrected chi connectivity index (χ3v) is 11.7. The highest BCUT2D eigenvalue weighted by Gasteiger charge is 2.40. The van der Waals surface area contributed by atoms with Gasteiger partial charge in [-0.2, -0.15) is 0 Å². The lowest BCUT2D eigenvalue weighted by Crippen LogP contribution is -2.45. The second-order valence-electron chi connectivity index (χ2n) is 19.1. The lowest BCUT2D eigenvalue weighted by molar-refractivity contribution is -0.158. The van der Waals surface area contributed by atoms with Crippen molar-refractivity contribution in [1.29, 1.82) is 0 Å². The van der Waals surface area contributed by atoms with Crippen LogP contribution in [0, 0.1) is 0 Å². The molecule has 0 aliphatic carbocycles. The van der Waals surface area contributed by atoms with Gasteiger partial charge in [0, 0.05) is 36.1 Å². The molecule has 5 aromatic rings. The number of hydrogen-bond donors (Lipinski definition) is 1. The molecule has 12 nitrogen and oxygen atoms in total. The molecule has 0 spiro atoms. The fourth-order valence-corrected chi connectivity index (χ4v) is 8.84. The van der Waals surface area contributed by atoms with Gasteiger partial charge in [-0.15, -0.1) is 0 Å². The van der Waals surface area contributed by atoms with Gasteiger partial charge in [-0.25, -0.2) is 0 Å². The van der Waals surface area contributed by atoms with Crippen molar-refractivity contribution in [2.45, 2.75) is 122 Å².